The number of amides is 1. The molecule has 1 heterocycles. The van der Waals surface area contributed by atoms with Gasteiger partial charge >= 0.3 is 0 Å². The van der Waals surface area contributed by atoms with E-state index in [1.165, 1.54) is 6.20 Å². The van der Waals surface area contributed by atoms with Gasteiger partial charge in [0.05, 0.1) is 11.8 Å². The van der Waals surface area contributed by atoms with Gasteiger partial charge in [-0.2, -0.15) is 5.10 Å². The van der Waals surface area contributed by atoms with Gasteiger partial charge in [-0.15, -0.1) is 11.6 Å². The minimum absolute atomic E-state index is 0.170. The van der Waals surface area contributed by atoms with Crippen LogP contribution in [0, 0.1) is 0 Å². The van der Waals surface area contributed by atoms with Gasteiger partial charge in [-0.1, -0.05) is 12.1 Å². The number of hydrogen-bond donors (Lipinski definition) is 1. The lowest BCUT2D eigenvalue weighted by Gasteiger charge is -2.03. The van der Waals surface area contributed by atoms with E-state index in [2.05, 4.69) is 10.4 Å². The SMILES string of the molecule is Cn1cc(C(=O)Nc2ccc(CCl)cc2)cn1. The first-order chi connectivity index (χ1) is 8.19. The second-order valence-corrected chi connectivity index (χ2v) is 3.95. The van der Waals surface area contributed by atoms with Gasteiger partial charge in [0, 0.05) is 24.8 Å². The van der Waals surface area contributed by atoms with E-state index in [0.29, 0.717) is 11.4 Å². The molecule has 0 spiro atoms. The van der Waals surface area contributed by atoms with Gasteiger partial charge < -0.3 is 5.32 Å². The largest absolute Gasteiger partial charge is 0.322 e. The van der Waals surface area contributed by atoms with Crippen LogP contribution in [-0.4, -0.2) is 15.7 Å². The van der Waals surface area contributed by atoms with E-state index >= 15 is 0 Å². The second kappa shape index (κ2) is 5.01. The van der Waals surface area contributed by atoms with E-state index in [9.17, 15) is 4.79 Å². The number of alkyl halides is 1. The van der Waals surface area contributed by atoms with E-state index in [-0.39, 0.29) is 5.91 Å². The van der Waals surface area contributed by atoms with Crippen molar-refractivity contribution in [3.05, 3.63) is 47.8 Å². The molecule has 1 aromatic carbocycles. The number of halogens is 1. The molecule has 0 saturated carbocycles. The fraction of sp³-hybridized carbons (Fsp3) is 0.167. The highest BCUT2D eigenvalue weighted by atomic mass is 35.5. The molecule has 0 radical (unpaired) electrons. The third-order valence-electron chi connectivity index (χ3n) is 2.33. The fourth-order valence-corrected chi connectivity index (χ4v) is 1.60. The zero-order valence-corrected chi connectivity index (χ0v) is 10.1. The van der Waals surface area contributed by atoms with Crippen LogP contribution in [0.2, 0.25) is 0 Å². The summed E-state index contributed by atoms with van der Waals surface area (Å²) in [7, 11) is 1.77. The maximum absolute atomic E-state index is 11.8. The second-order valence-electron chi connectivity index (χ2n) is 3.69. The molecule has 0 saturated heterocycles. The first-order valence-electron chi connectivity index (χ1n) is 5.14. The summed E-state index contributed by atoms with van der Waals surface area (Å²) >= 11 is 5.69. The van der Waals surface area contributed by atoms with E-state index in [0.717, 1.165) is 11.3 Å². The smallest absolute Gasteiger partial charge is 0.258 e. The van der Waals surface area contributed by atoms with Crippen LogP contribution in [0.5, 0.6) is 0 Å². The predicted molar refractivity (Wildman–Crippen MR) is 67.2 cm³/mol. The third-order valence-corrected chi connectivity index (χ3v) is 2.64. The molecule has 88 valence electrons. The molecule has 0 atom stereocenters. The van der Waals surface area contributed by atoms with E-state index in [1.807, 2.05) is 24.3 Å². The first kappa shape index (κ1) is 11.7. The lowest BCUT2D eigenvalue weighted by atomic mass is 10.2. The van der Waals surface area contributed by atoms with Gasteiger partial charge in [0.15, 0.2) is 0 Å². The van der Waals surface area contributed by atoms with Crippen LogP contribution in [0.3, 0.4) is 0 Å². The Labute approximate surface area is 104 Å². The Balaban J connectivity index is 2.07. The van der Waals surface area contributed by atoms with Crippen LogP contribution in [0.1, 0.15) is 15.9 Å². The average molecular weight is 250 g/mol. The first-order valence-corrected chi connectivity index (χ1v) is 5.67. The Morgan fingerprint density at radius 1 is 1.41 bits per heavy atom. The maximum Gasteiger partial charge on any atom is 0.258 e. The Morgan fingerprint density at radius 3 is 2.65 bits per heavy atom. The summed E-state index contributed by atoms with van der Waals surface area (Å²) in [6, 6.07) is 7.41. The Hall–Kier alpha value is -1.81. The molecule has 0 aliphatic heterocycles. The van der Waals surface area contributed by atoms with Crippen molar-refractivity contribution >= 4 is 23.2 Å². The molecule has 0 unspecified atom stereocenters. The summed E-state index contributed by atoms with van der Waals surface area (Å²) in [6.07, 6.45) is 3.20. The number of carbonyl (C=O) groups excluding carboxylic acids is 1. The number of nitrogens with one attached hydrogen (secondary N) is 1. The molecule has 1 N–H and O–H groups in total. The molecular formula is C12H12ClN3O. The number of rotatable bonds is 3. The quantitative estimate of drug-likeness (QED) is 0.850. The highest BCUT2D eigenvalue weighted by Gasteiger charge is 2.07. The van der Waals surface area contributed by atoms with Crippen molar-refractivity contribution in [3.63, 3.8) is 0 Å². The van der Waals surface area contributed by atoms with Crippen LogP contribution in [0.15, 0.2) is 36.7 Å². The number of carbonyl (C=O) groups is 1. The van der Waals surface area contributed by atoms with Gasteiger partial charge in [0.25, 0.3) is 5.91 Å². The number of anilines is 1. The van der Waals surface area contributed by atoms with Crippen molar-refractivity contribution in [1.29, 1.82) is 0 Å². The summed E-state index contributed by atoms with van der Waals surface area (Å²) in [4.78, 5) is 11.8. The number of aromatic nitrogens is 2. The van der Waals surface area contributed by atoms with Gasteiger partial charge in [0.1, 0.15) is 0 Å². The monoisotopic (exact) mass is 249 g/mol. The molecule has 1 aromatic heterocycles. The number of nitrogens with zero attached hydrogens (tertiary/aromatic N) is 2. The van der Waals surface area contributed by atoms with Gasteiger partial charge in [-0.3, -0.25) is 9.48 Å². The predicted octanol–water partition coefficient (Wildman–Crippen LogP) is 2.41. The van der Waals surface area contributed by atoms with E-state index in [4.69, 9.17) is 11.6 Å². The van der Waals surface area contributed by atoms with Crippen molar-refractivity contribution in [2.75, 3.05) is 5.32 Å². The molecule has 4 nitrogen and oxygen atoms in total. The average Bonchev–Trinajstić information content (AvgIpc) is 2.77. The Kier molecular flexibility index (Phi) is 3.44. The molecular weight excluding hydrogens is 238 g/mol. The number of aryl methyl sites for hydroxylation is 1. The fourth-order valence-electron chi connectivity index (χ4n) is 1.42. The van der Waals surface area contributed by atoms with Gasteiger partial charge in [-0.05, 0) is 17.7 Å². The van der Waals surface area contributed by atoms with E-state index < -0.39 is 0 Å². The standard InChI is InChI=1S/C12H12ClN3O/c1-16-8-10(7-14-16)12(17)15-11-4-2-9(6-13)3-5-11/h2-5,7-8H,6H2,1H3,(H,15,17). The topological polar surface area (TPSA) is 46.9 Å². The highest BCUT2D eigenvalue weighted by Crippen LogP contribution is 2.12. The number of benzene rings is 1. The van der Waals surface area contributed by atoms with Gasteiger partial charge in [0.2, 0.25) is 0 Å². The zero-order chi connectivity index (χ0) is 12.3. The molecule has 0 fully saturated rings. The number of hydrogen-bond acceptors (Lipinski definition) is 2. The van der Waals surface area contributed by atoms with Crippen molar-refractivity contribution in [3.8, 4) is 0 Å². The minimum Gasteiger partial charge on any atom is -0.322 e. The van der Waals surface area contributed by atoms with Crippen molar-refractivity contribution in [2.45, 2.75) is 5.88 Å². The molecule has 17 heavy (non-hydrogen) atoms. The molecule has 2 aromatic rings. The molecule has 2 rings (SSSR count). The molecule has 1 amide bonds. The summed E-state index contributed by atoms with van der Waals surface area (Å²) in [6.45, 7) is 0. The summed E-state index contributed by atoms with van der Waals surface area (Å²) in [5, 5.41) is 6.73. The molecule has 0 aliphatic rings. The van der Waals surface area contributed by atoms with Crippen molar-refractivity contribution < 1.29 is 4.79 Å². The highest BCUT2D eigenvalue weighted by molar-refractivity contribution is 6.17. The zero-order valence-electron chi connectivity index (χ0n) is 9.35. The Morgan fingerprint density at radius 2 is 2.12 bits per heavy atom. The summed E-state index contributed by atoms with van der Waals surface area (Å²) < 4.78 is 1.59. The third kappa shape index (κ3) is 2.85. The van der Waals surface area contributed by atoms with Crippen molar-refractivity contribution in [1.82, 2.24) is 9.78 Å². The lowest BCUT2D eigenvalue weighted by molar-refractivity contribution is 0.102. The van der Waals surface area contributed by atoms with Crippen LogP contribution >= 0.6 is 11.6 Å². The molecule has 0 bridgehead atoms. The maximum atomic E-state index is 11.8. The van der Waals surface area contributed by atoms with E-state index in [1.54, 1.807) is 17.9 Å². The van der Waals surface area contributed by atoms with Crippen LogP contribution in [0.4, 0.5) is 5.69 Å². The molecule has 0 aliphatic carbocycles. The lowest BCUT2D eigenvalue weighted by Crippen LogP contribution is -2.10. The van der Waals surface area contributed by atoms with Crippen LogP contribution in [0.25, 0.3) is 0 Å². The molecule has 5 heteroatoms. The van der Waals surface area contributed by atoms with Crippen molar-refractivity contribution in [2.24, 2.45) is 7.05 Å². The van der Waals surface area contributed by atoms with Crippen LogP contribution < -0.4 is 5.32 Å². The van der Waals surface area contributed by atoms with Gasteiger partial charge in [-0.25, -0.2) is 0 Å². The summed E-state index contributed by atoms with van der Waals surface area (Å²) in [5.74, 6) is 0.299. The Bertz CT molecular complexity index is 519. The van der Waals surface area contributed by atoms with Crippen LogP contribution in [-0.2, 0) is 12.9 Å². The summed E-state index contributed by atoms with van der Waals surface area (Å²) in [5.41, 5.74) is 2.30. The normalized spacial score (nSPS) is 10.2. The minimum atomic E-state index is -0.170.